The lowest BCUT2D eigenvalue weighted by atomic mass is 10.1. The van der Waals surface area contributed by atoms with E-state index in [9.17, 15) is 0 Å². The lowest BCUT2D eigenvalue weighted by Gasteiger charge is -2.28. The second-order valence-corrected chi connectivity index (χ2v) is 5.03. The molecule has 0 spiro atoms. The molecular weight excluding hydrogens is 210 g/mol. The van der Waals surface area contributed by atoms with Gasteiger partial charge >= 0.3 is 0 Å². The number of rotatable bonds is 3. The van der Waals surface area contributed by atoms with E-state index in [0.29, 0.717) is 0 Å². The van der Waals surface area contributed by atoms with Crippen molar-refractivity contribution >= 4 is 0 Å². The highest BCUT2D eigenvalue weighted by Gasteiger charge is 2.12. The van der Waals surface area contributed by atoms with E-state index < -0.39 is 0 Å². The molecule has 1 saturated heterocycles. The van der Waals surface area contributed by atoms with E-state index >= 15 is 0 Å². The molecule has 2 heterocycles. The second-order valence-electron chi connectivity index (χ2n) is 5.03. The van der Waals surface area contributed by atoms with E-state index in [0.717, 1.165) is 32.0 Å². The first-order valence-corrected chi connectivity index (χ1v) is 6.67. The van der Waals surface area contributed by atoms with Crippen LogP contribution in [-0.4, -0.2) is 42.6 Å². The van der Waals surface area contributed by atoms with Crippen molar-refractivity contribution in [3.8, 4) is 0 Å². The molecule has 1 fully saturated rings. The average molecular weight is 233 g/mol. The summed E-state index contributed by atoms with van der Waals surface area (Å²) >= 11 is 0. The predicted molar refractivity (Wildman–Crippen MR) is 71.0 cm³/mol. The van der Waals surface area contributed by atoms with Crippen molar-refractivity contribution in [2.45, 2.75) is 19.8 Å². The smallest absolute Gasteiger partial charge is 0.0416 e. The van der Waals surface area contributed by atoms with Crippen LogP contribution in [0.4, 0.5) is 0 Å². The van der Waals surface area contributed by atoms with Gasteiger partial charge < -0.3 is 10.2 Å². The topological polar surface area (TPSA) is 28.2 Å². The molecule has 0 amide bonds. The maximum absolute atomic E-state index is 4.39. The van der Waals surface area contributed by atoms with Gasteiger partial charge in [-0.2, -0.15) is 0 Å². The first-order chi connectivity index (χ1) is 8.34. The minimum Gasteiger partial charge on any atom is -0.316 e. The van der Waals surface area contributed by atoms with Crippen LogP contribution in [-0.2, 0) is 6.42 Å². The van der Waals surface area contributed by atoms with Crippen molar-refractivity contribution < 1.29 is 0 Å². The van der Waals surface area contributed by atoms with Gasteiger partial charge in [0.25, 0.3) is 0 Å². The van der Waals surface area contributed by atoms with Gasteiger partial charge in [0.15, 0.2) is 0 Å². The zero-order chi connectivity index (χ0) is 11.9. The molecule has 3 heteroatoms. The Kier molecular flexibility index (Phi) is 4.95. The maximum atomic E-state index is 4.39. The Hall–Kier alpha value is -0.930. The molecule has 1 aromatic rings. The zero-order valence-electron chi connectivity index (χ0n) is 10.7. The summed E-state index contributed by atoms with van der Waals surface area (Å²) in [6.45, 7) is 8.20. The van der Waals surface area contributed by atoms with Crippen molar-refractivity contribution in [2.75, 3.05) is 32.7 Å². The molecular formula is C14H23N3. The zero-order valence-corrected chi connectivity index (χ0v) is 10.7. The fourth-order valence-corrected chi connectivity index (χ4v) is 2.39. The van der Waals surface area contributed by atoms with Gasteiger partial charge in [0.1, 0.15) is 0 Å². The minimum atomic E-state index is 0.749. The standard InChI is InChI=1S/C14H23N3/c1-13-11-15-7-4-9-17(12-13)10-6-14-5-2-3-8-16-14/h2-3,5,8,13,15H,4,6-7,9-12H2,1H3. The summed E-state index contributed by atoms with van der Waals surface area (Å²) < 4.78 is 0. The summed E-state index contributed by atoms with van der Waals surface area (Å²) in [6, 6.07) is 6.17. The van der Waals surface area contributed by atoms with Gasteiger partial charge in [-0.05, 0) is 44.1 Å². The van der Waals surface area contributed by atoms with Crippen molar-refractivity contribution in [3.63, 3.8) is 0 Å². The Morgan fingerprint density at radius 1 is 1.47 bits per heavy atom. The largest absolute Gasteiger partial charge is 0.316 e. The first-order valence-electron chi connectivity index (χ1n) is 6.67. The third-order valence-electron chi connectivity index (χ3n) is 3.30. The molecule has 3 nitrogen and oxygen atoms in total. The highest BCUT2D eigenvalue weighted by atomic mass is 15.1. The van der Waals surface area contributed by atoms with Gasteiger partial charge in [0.05, 0.1) is 0 Å². The molecule has 0 radical (unpaired) electrons. The number of aromatic nitrogens is 1. The SMILES string of the molecule is CC1CNCCCN(CCc2ccccn2)C1. The molecule has 1 N–H and O–H groups in total. The summed E-state index contributed by atoms with van der Waals surface area (Å²) in [5, 5.41) is 3.49. The van der Waals surface area contributed by atoms with Crippen LogP contribution in [0.2, 0.25) is 0 Å². The minimum absolute atomic E-state index is 0.749. The molecule has 0 bridgehead atoms. The van der Waals surface area contributed by atoms with Crippen LogP contribution in [0.15, 0.2) is 24.4 Å². The van der Waals surface area contributed by atoms with Gasteiger partial charge in [0, 0.05) is 31.4 Å². The number of nitrogens with zero attached hydrogens (tertiary/aromatic N) is 2. The normalized spacial score (nSPS) is 23.0. The highest BCUT2D eigenvalue weighted by Crippen LogP contribution is 2.05. The van der Waals surface area contributed by atoms with Crippen molar-refractivity contribution in [3.05, 3.63) is 30.1 Å². The summed E-state index contributed by atoms with van der Waals surface area (Å²) in [5.74, 6) is 0.749. The quantitative estimate of drug-likeness (QED) is 0.858. The van der Waals surface area contributed by atoms with Gasteiger partial charge in [-0.3, -0.25) is 4.98 Å². The Labute approximate surface area is 104 Å². The Bertz CT molecular complexity index is 313. The van der Waals surface area contributed by atoms with Gasteiger partial charge in [-0.1, -0.05) is 13.0 Å². The molecule has 0 saturated carbocycles. The number of nitrogens with one attached hydrogen (secondary N) is 1. The van der Waals surface area contributed by atoms with Gasteiger partial charge in [-0.15, -0.1) is 0 Å². The molecule has 1 unspecified atom stereocenters. The monoisotopic (exact) mass is 233 g/mol. The average Bonchev–Trinajstić information content (AvgIpc) is 2.33. The molecule has 94 valence electrons. The summed E-state index contributed by atoms with van der Waals surface area (Å²) in [6.07, 6.45) is 4.21. The van der Waals surface area contributed by atoms with Crippen LogP contribution >= 0.6 is 0 Å². The van der Waals surface area contributed by atoms with E-state index in [1.165, 1.54) is 25.2 Å². The molecule has 17 heavy (non-hydrogen) atoms. The van der Waals surface area contributed by atoms with E-state index in [-0.39, 0.29) is 0 Å². The van der Waals surface area contributed by atoms with Crippen molar-refractivity contribution in [1.29, 1.82) is 0 Å². The van der Waals surface area contributed by atoms with E-state index in [2.05, 4.69) is 34.3 Å². The Morgan fingerprint density at radius 3 is 3.24 bits per heavy atom. The molecule has 1 atom stereocenters. The Balaban J connectivity index is 1.80. The first kappa shape index (κ1) is 12.5. The van der Waals surface area contributed by atoms with Crippen LogP contribution in [0.25, 0.3) is 0 Å². The molecule has 1 aliphatic heterocycles. The van der Waals surface area contributed by atoms with Crippen molar-refractivity contribution in [1.82, 2.24) is 15.2 Å². The lowest BCUT2D eigenvalue weighted by molar-refractivity contribution is 0.218. The third-order valence-corrected chi connectivity index (χ3v) is 3.30. The molecule has 1 aliphatic rings. The summed E-state index contributed by atoms with van der Waals surface area (Å²) in [4.78, 5) is 6.97. The fraction of sp³-hybridized carbons (Fsp3) is 0.643. The van der Waals surface area contributed by atoms with E-state index in [4.69, 9.17) is 0 Å². The van der Waals surface area contributed by atoms with Gasteiger partial charge in [0.2, 0.25) is 0 Å². The molecule has 2 rings (SSSR count). The Morgan fingerprint density at radius 2 is 2.41 bits per heavy atom. The highest BCUT2D eigenvalue weighted by molar-refractivity contribution is 5.03. The lowest BCUT2D eigenvalue weighted by Crippen LogP contribution is -2.39. The van der Waals surface area contributed by atoms with Crippen LogP contribution in [0.3, 0.4) is 0 Å². The van der Waals surface area contributed by atoms with E-state index in [1.54, 1.807) is 0 Å². The molecule has 0 aromatic carbocycles. The van der Waals surface area contributed by atoms with E-state index in [1.807, 2.05) is 12.3 Å². The maximum Gasteiger partial charge on any atom is 0.0416 e. The molecule has 0 aliphatic carbocycles. The van der Waals surface area contributed by atoms with Gasteiger partial charge in [-0.25, -0.2) is 0 Å². The second kappa shape index (κ2) is 6.72. The predicted octanol–water partition coefficient (Wildman–Crippen LogP) is 1.56. The number of pyridine rings is 1. The number of hydrogen-bond acceptors (Lipinski definition) is 3. The number of hydrogen-bond donors (Lipinski definition) is 1. The van der Waals surface area contributed by atoms with Crippen molar-refractivity contribution in [2.24, 2.45) is 5.92 Å². The van der Waals surface area contributed by atoms with Crippen LogP contribution in [0.5, 0.6) is 0 Å². The van der Waals surface area contributed by atoms with Crippen LogP contribution < -0.4 is 5.32 Å². The third kappa shape index (κ3) is 4.44. The molecule has 1 aromatic heterocycles. The summed E-state index contributed by atoms with van der Waals surface area (Å²) in [7, 11) is 0. The fourth-order valence-electron chi connectivity index (χ4n) is 2.39. The van der Waals surface area contributed by atoms with Crippen LogP contribution in [0.1, 0.15) is 19.0 Å². The van der Waals surface area contributed by atoms with Crippen LogP contribution in [0, 0.1) is 5.92 Å². The summed E-state index contributed by atoms with van der Waals surface area (Å²) in [5.41, 5.74) is 1.21.